The molecule has 1 heterocycles. The monoisotopic (exact) mass is 568 g/mol. The first-order chi connectivity index (χ1) is 20.1. The number of carbonyl (C=O) groups is 4. The van der Waals surface area contributed by atoms with E-state index in [2.05, 4.69) is 6.92 Å². The summed E-state index contributed by atoms with van der Waals surface area (Å²) >= 11 is 0. The second-order valence-electron chi connectivity index (χ2n) is 11.8. The smallest absolute Gasteiger partial charge is 0.253 e. The van der Waals surface area contributed by atoms with E-state index in [1.165, 1.54) is 96.3 Å². The van der Waals surface area contributed by atoms with Crippen LogP contribution < -0.4 is 0 Å². The molecule has 1 aliphatic heterocycles. The topological polar surface area (TPSA) is 74.8 Å². The molecule has 0 spiro atoms. The van der Waals surface area contributed by atoms with E-state index >= 15 is 0 Å². The first-order valence-electron chi connectivity index (χ1n) is 16.7. The summed E-state index contributed by atoms with van der Waals surface area (Å²) in [5.41, 5.74) is 1.24. The second-order valence-corrected chi connectivity index (χ2v) is 11.8. The maximum absolute atomic E-state index is 12.9. The second kappa shape index (κ2) is 22.1. The molecule has 0 N–H and O–H groups in total. The van der Waals surface area contributed by atoms with Crippen molar-refractivity contribution in [2.45, 2.75) is 135 Å². The number of Topliss-reactive ketones (excluding diaryl/α,β-unsaturated/α-hetero) is 1. The van der Waals surface area contributed by atoms with Crippen molar-refractivity contribution in [3.63, 3.8) is 0 Å². The Kier molecular flexibility index (Phi) is 18.7. The molecule has 41 heavy (non-hydrogen) atoms. The van der Waals surface area contributed by atoms with Gasteiger partial charge >= 0.3 is 0 Å². The normalized spacial score (nSPS) is 13.4. The number of rotatable bonds is 23. The number of carbonyl (C=O) groups excluding carboxylic acids is 4. The molecule has 0 bridgehead atoms. The largest absolute Gasteiger partial charge is 0.339 e. The van der Waals surface area contributed by atoms with Gasteiger partial charge in [-0.2, -0.15) is 0 Å². The SMILES string of the molecule is CCCCCCCCCCCCCCCCCCCC(=O)c1ccc(C(=O)N2CCN(C(=O)CCC=O)CC2)cc1. The molecule has 0 unspecified atom stereocenters. The lowest BCUT2D eigenvalue weighted by Crippen LogP contribution is -2.50. The average molecular weight is 569 g/mol. The number of unbranched alkanes of at least 4 members (excludes halogenated alkanes) is 16. The third-order valence-corrected chi connectivity index (χ3v) is 8.36. The highest BCUT2D eigenvalue weighted by Gasteiger charge is 2.24. The molecule has 1 aromatic carbocycles. The van der Waals surface area contributed by atoms with Crippen molar-refractivity contribution in [2.75, 3.05) is 26.2 Å². The summed E-state index contributed by atoms with van der Waals surface area (Å²) in [5.74, 6) is 0.0382. The van der Waals surface area contributed by atoms with Gasteiger partial charge < -0.3 is 14.6 Å². The fraction of sp³-hybridized carbons (Fsp3) is 0.714. The van der Waals surface area contributed by atoms with Crippen molar-refractivity contribution in [1.29, 1.82) is 0 Å². The van der Waals surface area contributed by atoms with Crippen molar-refractivity contribution in [3.8, 4) is 0 Å². The number of piperazine rings is 1. The standard InChI is InChI=1S/C35H56N2O4/c1-2-3-4-5-6-7-8-9-10-11-12-13-14-15-16-17-18-20-33(39)31-22-24-32(25-23-31)35(41)37-28-26-36(27-29-37)34(40)21-19-30-38/h22-25,30H,2-21,26-29H2,1H3. The molecule has 0 aromatic heterocycles. The van der Waals surface area contributed by atoms with Gasteiger partial charge in [-0.1, -0.05) is 122 Å². The number of benzene rings is 1. The van der Waals surface area contributed by atoms with Gasteiger partial charge in [-0.05, 0) is 18.6 Å². The Morgan fingerprint density at radius 3 is 1.46 bits per heavy atom. The number of hydrogen-bond donors (Lipinski definition) is 0. The lowest BCUT2D eigenvalue weighted by atomic mass is 10.0. The summed E-state index contributed by atoms with van der Waals surface area (Å²) in [6.45, 7) is 4.20. The van der Waals surface area contributed by atoms with Gasteiger partial charge in [-0.3, -0.25) is 14.4 Å². The van der Waals surface area contributed by atoms with E-state index in [4.69, 9.17) is 0 Å². The minimum absolute atomic E-state index is 0.0355. The molecule has 1 aromatic rings. The van der Waals surface area contributed by atoms with Gasteiger partial charge in [-0.15, -0.1) is 0 Å². The number of amides is 2. The Balaban J connectivity index is 1.48. The summed E-state index contributed by atoms with van der Waals surface area (Å²) in [4.78, 5) is 51.5. The van der Waals surface area contributed by atoms with Gasteiger partial charge in [-0.25, -0.2) is 0 Å². The van der Waals surface area contributed by atoms with E-state index < -0.39 is 0 Å². The fourth-order valence-electron chi connectivity index (χ4n) is 5.64. The molecular formula is C35H56N2O4. The molecule has 1 fully saturated rings. The van der Waals surface area contributed by atoms with Crippen LogP contribution in [-0.4, -0.2) is 59.9 Å². The predicted octanol–water partition coefficient (Wildman–Crippen LogP) is 8.17. The Labute approximate surface area is 249 Å². The Morgan fingerprint density at radius 2 is 1.00 bits per heavy atom. The third kappa shape index (κ3) is 14.8. The molecule has 2 amide bonds. The number of aldehydes is 1. The Morgan fingerprint density at radius 1 is 0.585 bits per heavy atom. The first-order valence-corrected chi connectivity index (χ1v) is 16.7. The van der Waals surface area contributed by atoms with Crippen LogP contribution in [0.4, 0.5) is 0 Å². The number of nitrogens with zero attached hydrogens (tertiary/aromatic N) is 2. The van der Waals surface area contributed by atoms with Crippen LogP contribution in [0.3, 0.4) is 0 Å². The van der Waals surface area contributed by atoms with E-state index in [9.17, 15) is 19.2 Å². The predicted molar refractivity (Wildman–Crippen MR) is 167 cm³/mol. The van der Waals surface area contributed by atoms with Gasteiger partial charge in [0.05, 0.1) is 0 Å². The van der Waals surface area contributed by atoms with Crippen molar-refractivity contribution >= 4 is 23.9 Å². The van der Waals surface area contributed by atoms with Crippen LogP contribution >= 0.6 is 0 Å². The summed E-state index contributed by atoms with van der Waals surface area (Å²) in [6.07, 6.45) is 24.3. The van der Waals surface area contributed by atoms with Crippen molar-refractivity contribution in [1.82, 2.24) is 9.80 Å². The molecule has 6 heteroatoms. The summed E-state index contributed by atoms with van der Waals surface area (Å²) in [5, 5.41) is 0. The maximum atomic E-state index is 12.9. The lowest BCUT2D eigenvalue weighted by molar-refractivity contribution is -0.133. The summed E-state index contributed by atoms with van der Waals surface area (Å²) in [7, 11) is 0. The van der Waals surface area contributed by atoms with E-state index in [0.29, 0.717) is 43.7 Å². The van der Waals surface area contributed by atoms with E-state index in [0.717, 1.165) is 19.1 Å². The van der Waals surface area contributed by atoms with Crippen LogP contribution in [0.25, 0.3) is 0 Å². The van der Waals surface area contributed by atoms with Crippen LogP contribution in [-0.2, 0) is 9.59 Å². The lowest BCUT2D eigenvalue weighted by Gasteiger charge is -2.34. The summed E-state index contributed by atoms with van der Waals surface area (Å²) in [6, 6.07) is 7.02. The highest BCUT2D eigenvalue weighted by molar-refractivity contribution is 5.98. The number of hydrogen-bond acceptors (Lipinski definition) is 4. The zero-order valence-electron chi connectivity index (χ0n) is 25.9. The van der Waals surface area contributed by atoms with Crippen molar-refractivity contribution in [2.24, 2.45) is 0 Å². The summed E-state index contributed by atoms with van der Waals surface area (Å²) < 4.78 is 0. The van der Waals surface area contributed by atoms with Gasteiger partial charge in [0.1, 0.15) is 6.29 Å². The zero-order valence-corrected chi connectivity index (χ0v) is 25.9. The third-order valence-electron chi connectivity index (χ3n) is 8.36. The molecule has 0 radical (unpaired) electrons. The van der Waals surface area contributed by atoms with E-state index in [1.54, 1.807) is 34.1 Å². The highest BCUT2D eigenvalue weighted by Crippen LogP contribution is 2.16. The maximum Gasteiger partial charge on any atom is 0.253 e. The Hall–Kier alpha value is -2.50. The molecule has 1 aliphatic rings. The molecule has 2 rings (SSSR count). The quantitative estimate of drug-likeness (QED) is 0.0758. The van der Waals surface area contributed by atoms with Gasteiger partial charge in [0, 0.05) is 56.6 Å². The molecule has 6 nitrogen and oxygen atoms in total. The molecule has 1 saturated heterocycles. The zero-order chi connectivity index (χ0) is 29.5. The van der Waals surface area contributed by atoms with Crippen molar-refractivity contribution < 1.29 is 19.2 Å². The van der Waals surface area contributed by atoms with Crippen LogP contribution in [0, 0.1) is 0 Å². The van der Waals surface area contributed by atoms with Gasteiger partial charge in [0.2, 0.25) is 5.91 Å². The number of ketones is 1. The van der Waals surface area contributed by atoms with Crippen molar-refractivity contribution in [3.05, 3.63) is 35.4 Å². The highest BCUT2D eigenvalue weighted by atomic mass is 16.2. The fourth-order valence-corrected chi connectivity index (χ4v) is 5.64. The molecule has 0 atom stereocenters. The Bertz CT molecular complexity index is 875. The average Bonchev–Trinajstić information content (AvgIpc) is 3.01. The van der Waals surface area contributed by atoms with Crippen LogP contribution in [0.5, 0.6) is 0 Å². The molecule has 0 aliphatic carbocycles. The minimum Gasteiger partial charge on any atom is -0.339 e. The van der Waals surface area contributed by atoms with Crippen LogP contribution in [0.15, 0.2) is 24.3 Å². The van der Waals surface area contributed by atoms with Crippen LogP contribution in [0.2, 0.25) is 0 Å². The van der Waals surface area contributed by atoms with Gasteiger partial charge in [0.15, 0.2) is 5.78 Å². The molecule has 230 valence electrons. The van der Waals surface area contributed by atoms with E-state index in [-0.39, 0.29) is 30.4 Å². The van der Waals surface area contributed by atoms with Crippen LogP contribution in [0.1, 0.15) is 156 Å². The first kappa shape index (κ1) is 34.7. The van der Waals surface area contributed by atoms with Gasteiger partial charge in [0.25, 0.3) is 5.91 Å². The van der Waals surface area contributed by atoms with E-state index in [1.807, 2.05) is 0 Å². The minimum atomic E-state index is -0.0721. The molecule has 0 saturated carbocycles. The molecular weight excluding hydrogens is 512 g/mol.